The van der Waals surface area contributed by atoms with Crippen molar-refractivity contribution >= 4 is 16.3 Å². The van der Waals surface area contributed by atoms with Gasteiger partial charge in [0.2, 0.25) is 0 Å². The number of likely N-dealkylation sites (tertiary alicyclic amines) is 1. The molecule has 1 aliphatic rings. The fourth-order valence-corrected chi connectivity index (χ4v) is 3.94. The van der Waals surface area contributed by atoms with E-state index in [2.05, 4.69) is 4.90 Å². The number of nitro groups is 1. The van der Waals surface area contributed by atoms with E-state index in [1.54, 1.807) is 6.07 Å². The predicted octanol–water partition coefficient (Wildman–Crippen LogP) is 3.74. The number of aliphatic hydroxyl groups excluding tert-OH is 1. The molecule has 1 saturated heterocycles. The summed E-state index contributed by atoms with van der Waals surface area (Å²) in [5.41, 5.74) is 1.94. The lowest BCUT2D eigenvalue weighted by molar-refractivity contribution is -0.380. The summed E-state index contributed by atoms with van der Waals surface area (Å²) < 4.78 is 0. The van der Waals surface area contributed by atoms with Gasteiger partial charge in [-0.25, -0.2) is 0 Å². The van der Waals surface area contributed by atoms with Crippen molar-refractivity contribution in [3.05, 3.63) is 63.0 Å². The van der Waals surface area contributed by atoms with Crippen LogP contribution in [0.3, 0.4) is 0 Å². The summed E-state index contributed by atoms with van der Waals surface area (Å²) in [6.07, 6.45) is 2.42. The van der Waals surface area contributed by atoms with Gasteiger partial charge in [-0.3, -0.25) is 15.0 Å². The number of aliphatic hydroxyl groups is 1. The molecule has 2 atom stereocenters. The average molecular weight is 332 g/mol. The van der Waals surface area contributed by atoms with Crippen molar-refractivity contribution in [3.8, 4) is 0 Å². The van der Waals surface area contributed by atoms with Crippen LogP contribution in [0.2, 0.25) is 0 Å². The van der Waals surface area contributed by atoms with Gasteiger partial charge >= 0.3 is 5.00 Å². The summed E-state index contributed by atoms with van der Waals surface area (Å²) in [6.45, 7) is 1.70. The molecule has 2 unspecified atom stereocenters. The first-order valence-electron chi connectivity index (χ1n) is 7.82. The van der Waals surface area contributed by atoms with E-state index >= 15 is 0 Å². The van der Waals surface area contributed by atoms with Crippen LogP contribution in [0.4, 0.5) is 5.00 Å². The third-order valence-corrected chi connectivity index (χ3v) is 5.31. The minimum Gasteiger partial charge on any atom is -0.388 e. The molecule has 0 radical (unpaired) electrons. The molecule has 3 rings (SSSR count). The summed E-state index contributed by atoms with van der Waals surface area (Å²) in [5, 5.41) is 23.3. The van der Waals surface area contributed by atoms with Gasteiger partial charge in [-0.2, -0.15) is 0 Å². The van der Waals surface area contributed by atoms with E-state index in [0.29, 0.717) is 12.5 Å². The smallest absolute Gasteiger partial charge is 0.324 e. The molecule has 1 fully saturated rings. The van der Waals surface area contributed by atoms with Crippen molar-refractivity contribution in [2.24, 2.45) is 0 Å². The fraction of sp³-hybridized carbons (Fsp3) is 0.412. The van der Waals surface area contributed by atoms with E-state index in [4.69, 9.17) is 0 Å². The van der Waals surface area contributed by atoms with Crippen molar-refractivity contribution in [1.82, 2.24) is 4.90 Å². The molecule has 0 spiro atoms. The lowest BCUT2D eigenvalue weighted by Gasteiger charge is -2.26. The third kappa shape index (κ3) is 3.96. The first-order chi connectivity index (χ1) is 11.1. The molecule has 1 aliphatic heterocycles. The Morgan fingerprint density at radius 2 is 2.17 bits per heavy atom. The SMILES string of the molecule is O=[N+]([O-])c1cc(CN2CCCC2CC(O)c2ccccc2)cs1. The molecular weight excluding hydrogens is 312 g/mol. The second kappa shape index (κ2) is 7.21. The Labute approximate surface area is 139 Å². The zero-order valence-corrected chi connectivity index (χ0v) is 13.6. The quantitative estimate of drug-likeness (QED) is 0.646. The zero-order valence-electron chi connectivity index (χ0n) is 12.8. The molecule has 0 bridgehead atoms. The minimum absolute atomic E-state index is 0.195. The lowest BCUT2D eigenvalue weighted by atomic mass is 10.0. The highest BCUT2D eigenvalue weighted by Crippen LogP contribution is 2.30. The molecule has 2 heterocycles. The van der Waals surface area contributed by atoms with Crippen LogP contribution in [-0.2, 0) is 6.54 Å². The maximum absolute atomic E-state index is 10.8. The van der Waals surface area contributed by atoms with E-state index < -0.39 is 6.10 Å². The highest BCUT2D eigenvalue weighted by molar-refractivity contribution is 7.13. The number of hydrogen-bond donors (Lipinski definition) is 1. The lowest BCUT2D eigenvalue weighted by Crippen LogP contribution is -2.30. The van der Waals surface area contributed by atoms with E-state index in [9.17, 15) is 15.2 Å². The molecule has 1 aromatic heterocycles. The van der Waals surface area contributed by atoms with Gasteiger partial charge in [-0.1, -0.05) is 41.7 Å². The van der Waals surface area contributed by atoms with Crippen LogP contribution in [0.5, 0.6) is 0 Å². The Kier molecular flexibility index (Phi) is 5.05. The molecule has 1 aromatic carbocycles. The van der Waals surface area contributed by atoms with Crippen molar-refractivity contribution < 1.29 is 10.0 Å². The Morgan fingerprint density at radius 3 is 2.87 bits per heavy atom. The summed E-state index contributed by atoms with van der Waals surface area (Å²) in [5.74, 6) is 0. The topological polar surface area (TPSA) is 66.6 Å². The largest absolute Gasteiger partial charge is 0.388 e. The fourth-order valence-electron chi connectivity index (χ4n) is 3.22. The van der Waals surface area contributed by atoms with E-state index in [1.165, 1.54) is 11.3 Å². The molecule has 23 heavy (non-hydrogen) atoms. The van der Waals surface area contributed by atoms with Crippen LogP contribution in [0.1, 0.15) is 36.5 Å². The van der Waals surface area contributed by atoms with Gasteiger partial charge in [-0.15, -0.1) is 0 Å². The predicted molar refractivity (Wildman–Crippen MR) is 90.4 cm³/mol. The molecule has 0 saturated carbocycles. The van der Waals surface area contributed by atoms with Gasteiger partial charge < -0.3 is 5.11 Å². The molecule has 6 heteroatoms. The van der Waals surface area contributed by atoms with Crippen LogP contribution in [-0.4, -0.2) is 27.5 Å². The minimum atomic E-state index is -0.460. The van der Waals surface area contributed by atoms with Gasteiger partial charge in [0.15, 0.2) is 0 Å². The second-order valence-corrected chi connectivity index (χ2v) is 6.87. The van der Waals surface area contributed by atoms with E-state index in [1.807, 2.05) is 35.7 Å². The standard InChI is InChI=1S/C17H20N2O3S/c20-16(14-5-2-1-3-6-14)10-15-7-4-8-18(15)11-13-9-17(19(21)22)23-12-13/h1-3,5-6,9,12,15-16,20H,4,7-8,10-11H2. The molecule has 2 aromatic rings. The molecule has 0 amide bonds. The Hall–Kier alpha value is -1.76. The number of thiophene rings is 1. The summed E-state index contributed by atoms with van der Waals surface area (Å²) in [6, 6.07) is 11.7. The van der Waals surface area contributed by atoms with Crippen LogP contribution in [0.25, 0.3) is 0 Å². The van der Waals surface area contributed by atoms with Crippen molar-refractivity contribution in [1.29, 1.82) is 0 Å². The summed E-state index contributed by atoms with van der Waals surface area (Å²) >= 11 is 1.18. The first-order valence-corrected chi connectivity index (χ1v) is 8.70. The second-order valence-electron chi connectivity index (χ2n) is 5.98. The Balaban J connectivity index is 1.62. The van der Waals surface area contributed by atoms with Crippen LogP contribution < -0.4 is 0 Å². The maximum Gasteiger partial charge on any atom is 0.324 e. The number of benzene rings is 1. The zero-order chi connectivity index (χ0) is 16.2. The van der Waals surface area contributed by atoms with Crippen molar-refractivity contribution in [2.45, 2.75) is 38.0 Å². The van der Waals surface area contributed by atoms with Gasteiger partial charge in [0, 0.05) is 24.0 Å². The van der Waals surface area contributed by atoms with Crippen LogP contribution in [0, 0.1) is 10.1 Å². The van der Waals surface area contributed by atoms with Crippen molar-refractivity contribution in [3.63, 3.8) is 0 Å². The molecule has 0 aliphatic carbocycles. The summed E-state index contributed by atoms with van der Waals surface area (Å²) in [7, 11) is 0. The van der Waals surface area contributed by atoms with E-state index in [-0.39, 0.29) is 9.92 Å². The highest BCUT2D eigenvalue weighted by atomic mass is 32.1. The Bertz CT molecular complexity index is 659. The van der Waals surface area contributed by atoms with Crippen molar-refractivity contribution in [2.75, 3.05) is 6.54 Å². The molecule has 1 N–H and O–H groups in total. The number of rotatable bonds is 6. The van der Waals surface area contributed by atoms with Gasteiger partial charge in [0.1, 0.15) is 0 Å². The maximum atomic E-state index is 10.8. The average Bonchev–Trinajstić information content (AvgIpc) is 3.19. The third-order valence-electron chi connectivity index (χ3n) is 4.38. The van der Waals surface area contributed by atoms with Gasteiger partial charge in [0.05, 0.1) is 11.0 Å². The van der Waals surface area contributed by atoms with E-state index in [0.717, 1.165) is 37.1 Å². The molecular formula is C17H20N2O3S. The molecule has 5 nitrogen and oxygen atoms in total. The van der Waals surface area contributed by atoms with Crippen LogP contribution in [0.15, 0.2) is 41.8 Å². The first kappa shape index (κ1) is 16.1. The normalized spacial score (nSPS) is 19.8. The monoisotopic (exact) mass is 332 g/mol. The number of hydrogen-bond acceptors (Lipinski definition) is 5. The van der Waals surface area contributed by atoms with Gasteiger partial charge in [-0.05, 0) is 36.9 Å². The highest BCUT2D eigenvalue weighted by Gasteiger charge is 2.27. The Morgan fingerprint density at radius 1 is 1.39 bits per heavy atom. The molecule has 122 valence electrons. The van der Waals surface area contributed by atoms with Gasteiger partial charge in [0.25, 0.3) is 0 Å². The summed E-state index contributed by atoms with van der Waals surface area (Å²) in [4.78, 5) is 12.8. The van der Waals surface area contributed by atoms with Crippen LogP contribution >= 0.6 is 11.3 Å². The number of nitrogens with zero attached hydrogens (tertiary/aromatic N) is 2.